The molecule has 1 fully saturated rings. The Bertz CT molecular complexity index is 222. The topological polar surface area (TPSA) is 26.3 Å². The molecule has 0 aromatic rings. The summed E-state index contributed by atoms with van der Waals surface area (Å²) in [6.07, 6.45) is 0.545. The summed E-state index contributed by atoms with van der Waals surface area (Å²) in [6.45, 7) is 2.00. The first-order valence-corrected chi connectivity index (χ1v) is 5.74. The lowest BCUT2D eigenvalue weighted by atomic mass is 9.92. The Balaban J connectivity index is 2.75. The number of halogens is 4. The van der Waals surface area contributed by atoms with Crippen LogP contribution in [0, 0.1) is 5.92 Å². The maximum Gasteiger partial charge on any atom is 0.197 e. The van der Waals surface area contributed by atoms with Crippen LogP contribution in [0.2, 0.25) is 0 Å². The number of alkyl halides is 4. The molecule has 2 nitrogen and oxygen atoms in total. The number of Topliss-reactive ketones (excluding diaryl/α,β-unsaturated/α-hetero) is 1. The van der Waals surface area contributed by atoms with Crippen molar-refractivity contribution in [2.45, 2.75) is 28.6 Å². The van der Waals surface area contributed by atoms with Crippen LogP contribution in [-0.2, 0) is 9.53 Å². The predicted octanol–water partition coefficient (Wildman–Crippen LogP) is 2.96. The highest BCUT2D eigenvalue weighted by molar-refractivity contribution is 6.68. The van der Waals surface area contributed by atoms with E-state index in [2.05, 4.69) is 0 Å². The van der Waals surface area contributed by atoms with E-state index in [1.807, 2.05) is 0 Å². The summed E-state index contributed by atoms with van der Waals surface area (Å²) in [5.74, 6) is -0.793. The van der Waals surface area contributed by atoms with Gasteiger partial charge in [0.2, 0.25) is 0 Å². The molecule has 1 heterocycles. The minimum atomic E-state index is -1.57. The normalized spacial score (nSPS) is 26.5. The van der Waals surface area contributed by atoms with Gasteiger partial charge in [0, 0.05) is 6.61 Å². The highest BCUT2D eigenvalue weighted by atomic mass is 35.6. The highest BCUT2D eigenvalue weighted by Gasteiger charge is 2.47. The molecule has 0 bridgehead atoms. The number of hydrogen-bond donors (Lipinski definition) is 0. The first-order chi connectivity index (χ1) is 6.34. The quantitative estimate of drug-likeness (QED) is 0.743. The monoisotopic (exact) mass is 278 g/mol. The van der Waals surface area contributed by atoms with Gasteiger partial charge in [-0.25, -0.2) is 0 Å². The van der Waals surface area contributed by atoms with E-state index < -0.39 is 15.1 Å². The third kappa shape index (κ3) is 2.89. The third-order valence-electron chi connectivity index (χ3n) is 2.22. The summed E-state index contributed by atoms with van der Waals surface area (Å²) in [5, 5.41) is -0.812. The molecule has 6 heteroatoms. The van der Waals surface area contributed by atoms with Gasteiger partial charge in [-0.3, -0.25) is 4.79 Å². The molecule has 1 rings (SSSR count). The van der Waals surface area contributed by atoms with Gasteiger partial charge < -0.3 is 4.74 Å². The standard InChI is InChI=1S/C8H10Cl4O2/c1-4(13)7(9)6(8(10,11)12)5-2-3-14-5/h5-7H,2-3H2,1H3. The van der Waals surface area contributed by atoms with E-state index in [0.717, 1.165) is 6.42 Å². The van der Waals surface area contributed by atoms with Gasteiger partial charge in [-0.05, 0) is 13.3 Å². The molecule has 1 saturated heterocycles. The fourth-order valence-corrected chi connectivity index (χ4v) is 2.70. The maximum atomic E-state index is 11.1. The molecule has 14 heavy (non-hydrogen) atoms. The zero-order valence-electron chi connectivity index (χ0n) is 7.47. The Morgan fingerprint density at radius 3 is 2.21 bits per heavy atom. The fourth-order valence-electron chi connectivity index (χ4n) is 1.36. The second kappa shape index (κ2) is 4.75. The molecule has 1 aliphatic rings. The summed E-state index contributed by atoms with van der Waals surface area (Å²) in [7, 11) is 0. The molecule has 1 aliphatic heterocycles. The Morgan fingerprint density at radius 1 is 1.50 bits per heavy atom. The molecular weight excluding hydrogens is 270 g/mol. The fraction of sp³-hybridized carbons (Fsp3) is 0.875. The summed E-state index contributed by atoms with van der Waals surface area (Å²) < 4.78 is 3.63. The van der Waals surface area contributed by atoms with Crippen molar-refractivity contribution in [3.05, 3.63) is 0 Å². The Hall–Kier alpha value is 0.790. The van der Waals surface area contributed by atoms with Gasteiger partial charge in [-0.1, -0.05) is 34.8 Å². The van der Waals surface area contributed by atoms with Crippen LogP contribution in [0.1, 0.15) is 13.3 Å². The van der Waals surface area contributed by atoms with Gasteiger partial charge in [0.15, 0.2) is 3.79 Å². The summed E-state index contributed by atoms with van der Waals surface area (Å²) in [4.78, 5) is 11.1. The van der Waals surface area contributed by atoms with Crippen molar-refractivity contribution >= 4 is 52.2 Å². The Labute approximate surface area is 103 Å². The van der Waals surface area contributed by atoms with Crippen molar-refractivity contribution in [2.75, 3.05) is 6.61 Å². The molecule has 0 saturated carbocycles. The average molecular weight is 280 g/mol. The lowest BCUT2D eigenvalue weighted by Crippen LogP contribution is -2.47. The number of ketones is 1. The molecule has 0 aliphatic carbocycles. The second-order valence-electron chi connectivity index (χ2n) is 3.28. The van der Waals surface area contributed by atoms with Crippen LogP contribution in [0.3, 0.4) is 0 Å². The van der Waals surface area contributed by atoms with Crippen LogP contribution in [0.4, 0.5) is 0 Å². The lowest BCUT2D eigenvalue weighted by molar-refractivity contribution is -0.123. The molecule has 0 radical (unpaired) electrons. The lowest BCUT2D eigenvalue weighted by Gasteiger charge is -2.39. The molecule has 0 spiro atoms. The van der Waals surface area contributed by atoms with Crippen LogP contribution in [0.15, 0.2) is 0 Å². The van der Waals surface area contributed by atoms with E-state index in [1.165, 1.54) is 6.92 Å². The Morgan fingerprint density at radius 2 is 2.00 bits per heavy atom. The molecule has 82 valence electrons. The number of rotatable bonds is 3. The van der Waals surface area contributed by atoms with Crippen LogP contribution in [0.5, 0.6) is 0 Å². The van der Waals surface area contributed by atoms with Crippen molar-refractivity contribution in [2.24, 2.45) is 5.92 Å². The van der Waals surface area contributed by atoms with Gasteiger partial charge in [0.05, 0.1) is 12.0 Å². The molecule has 0 N–H and O–H groups in total. The highest BCUT2D eigenvalue weighted by Crippen LogP contribution is 2.44. The summed E-state index contributed by atoms with van der Waals surface area (Å²) in [5.41, 5.74) is 0. The molecule has 0 amide bonds. The largest absolute Gasteiger partial charge is 0.378 e. The van der Waals surface area contributed by atoms with Gasteiger partial charge in [0.1, 0.15) is 11.2 Å². The Kier molecular flexibility index (Phi) is 4.36. The third-order valence-corrected chi connectivity index (χ3v) is 3.55. The van der Waals surface area contributed by atoms with E-state index in [4.69, 9.17) is 51.1 Å². The van der Waals surface area contributed by atoms with Gasteiger partial charge in [-0.15, -0.1) is 11.6 Å². The van der Waals surface area contributed by atoms with Crippen molar-refractivity contribution < 1.29 is 9.53 Å². The van der Waals surface area contributed by atoms with Crippen LogP contribution < -0.4 is 0 Å². The number of carbonyl (C=O) groups is 1. The number of carbonyl (C=O) groups excluding carboxylic acids is 1. The van der Waals surface area contributed by atoms with Crippen molar-refractivity contribution in [1.82, 2.24) is 0 Å². The minimum absolute atomic E-state index is 0.210. The molecular formula is C8H10Cl4O2. The molecule has 0 aromatic heterocycles. The SMILES string of the molecule is CC(=O)C(Cl)C(C1CCO1)C(Cl)(Cl)Cl. The first-order valence-electron chi connectivity index (χ1n) is 4.17. The van der Waals surface area contributed by atoms with E-state index in [9.17, 15) is 4.79 Å². The van der Waals surface area contributed by atoms with E-state index in [-0.39, 0.29) is 11.9 Å². The first kappa shape index (κ1) is 12.9. The van der Waals surface area contributed by atoms with Crippen LogP contribution in [-0.4, -0.2) is 27.7 Å². The molecule has 0 aromatic carbocycles. The smallest absolute Gasteiger partial charge is 0.197 e. The van der Waals surface area contributed by atoms with Gasteiger partial charge in [-0.2, -0.15) is 0 Å². The summed E-state index contributed by atoms with van der Waals surface area (Å²) in [6, 6.07) is 0. The zero-order valence-corrected chi connectivity index (χ0v) is 10.5. The summed E-state index contributed by atoms with van der Waals surface area (Å²) >= 11 is 23.2. The van der Waals surface area contributed by atoms with E-state index in [1.54, 1.807) is 0 Å². The average Bonchev–Trinajstić information content (AvgIpc) is 1.92. The van der Waals surface area contributed by atoms with Crippen molar-refractivity contribution in [1.29, 1.82) is 0 Å². The van der Waals surface area contributed by atoms with Crippen molar-refractivity contribution in [3.63, 3.8) is 0 Å². The van der Waals surface area contributed by atoms with Crippen LogP contribution >= 0.6 is 46.4 Å². The predicted molar refractivity (Wildman–Crippen MR) is 58.5 cm³/mol. The number of ether oxygens (including phenoxy) is 1. The van der Waals surface area contributed by atoms with Crippen LogP contribution in [0.25, 0.3) is 0 Å². The maximum absolute atomic E-state index is 11.1. The van der Waals surface area contributed by atoms with Crippen molar-refractivity contribution in [3.8, 4) is 0 Å². The minimum Gasteiger partial charge on any atom is -0.378 e. The number of hydrogen-bond acceptors (Lipinski definition) is 2. The zero-order chi connectivity index (χ0) is 10.9. The van der Waals surface area contributed by atoms with E-state index in [0.29, 0.717) is 6.61 Å². The second-order valence-corrected chi connectivity index (χ2v) is 6.12. The van der Waals surface area contributed by atoms with E-state index >= 15 is 0 Å². The van der Waals surface area contributed by atoms with Gasteiger partial charge >= 0.3 is 0 Å². The molecule has 3 atom stereocenters. The molecule has 3 unspecified atom stereocenters. The van der Waals surface area contributed by atoms with Gasteiger partial charge in [0.25, 0.3) is 0 Å².